The van der Waals surface area contributed by atoms with Crippen LogP contribution in [0.15, 0.2) is 0 Å². The average molecular weight is 334 g/mol. The van der Waals surface area contributed by atoms with Crippen LogP contribution in [0.3, 0.4) is 0 Å². The Labute approximate surface area is 139 Å². The van der Waals surface area contributed by atoms with Gasteiger partial charge in [0.1, 0.15) is 24.4 Å². The Morgan fingerprint density at radius 2 is 1.35 bits per heavy atom. The highest BCUT2D eigenvalue weighted by Gasteiger charge is 2.43. The Balaban J connectivity index is 2.06. The highest BCUT2D eigenvalue weighted by molar-refractivity contribution is 4.88. The SMILES string of the molecule is CCCCCCCCCCCOC1O[C@H](CO)[C@@H](O)[C@H](O)[C@H]1O. The number of rotatable bonds is 12. The molecule has 1 unspecified atom stereocenters. The van der Waals surface area contributed by atoms with E-state index in [1.54, 1.807) is 0 Å². The molecule has 0 saturated carbocycles. The second-order valence-corrected chi connectivity index (χ2v) is 6.40. The van der Waals surface area contributed by atoms with Crippen LogP contribution in [0.4, 0.5) is 0 Å². The lowest BCUT2D eigenvalue weighted by atomic mass is 9.99. The number of unbranched alkanes of at least 4 members (excludes halogenated alkanes) is 8. The maximum atomic E-state index is 9.82. The van der Waals surface area contributed by atoms with Gasteiger partial charge in [-0.1, -0.05) is 58.3 Å². The molecule has 1 fully saturated rings. The molecule has 6 heteroatoms. The summed E-state index contributed by atoms with van der Waals surface area (Å²) in [5.41, 5.74) is 0. The Hall–Kier alpha value is -0.240. The Morgan fingerprint density at radius 1 is 0.783 bits per heavy atom. The van der Waals surface area contributed by atoms with E-state index in [-0.39, 0.29) is 0 Å². The molecule has 0 aliphatic carbocycles. The minimum Gasteiger partial charge on any atom is -0.394 e. The predicted octanol–water partition coefficient (Wildman–Crippen LogP) is 1.33. The van der Waals surface area contributed by atoms with Crippen molar-refractivity contribution in [1.82, 2.24) is 0 Å². The first kappa shape index (κ1) is 20.8. The van der Waals surface area contributed by atoms with Crippen molar-refractivity contribution in [3.05, 3.63) is 0 Å². The third kappa shape index (κ3) is 7.45. The van der Waals surface area contributed by atoms with Crippen LogP contribution in [0.25, 0.3) is 0 Å². The molecule has 1 saturated heterocycles. The molecule has 0 spiro atoms. The third-order valence-electron chi connectivity index (χ3n) is 4.38. The zero-order valence-electron chi connectivity index (χ0n) is 14.3. The quantitative estimate of drug-likeness (QED) is 0.402. The molecule has 138 valence electrons. The lowest BCUT2D eigenvalue weighted by molar-refractivity contribution is -0.301. The van der Waals surface area contributed by atoms with Gasteiger partial charge in [0, 0.05) is 6.61 Å². The lowest BCUT2D eigenvalue weighted by Crippen LogP contribution is -2.59. The maximum Gasteiger partial charge on any atom is 0.186 e. The Morgan fingerprint density at radius 3 is 1.91 bits per heavy atom. The monoisotopic (exact) mass is 334 g/mol. The molecule has 1 aliphatic heterocycles. The Bertz CT molecular complexity index is 286. The van der Waals surface area contributed by atoms with Crippen LogP contribution in [-0.2, 0) is 9.47 Å². The maximum absolute atomic E-state index is 9.82. The molecule has 6 nitrogen and oxygen atoms in total. The van der Waals surface area contributed by atoms with Gasteiger partial charge in [0.05, 0.1) is 6.61 Å². The van der Waals surface area contributed by atoms with Crippen molar-refractivity contribution >= 4 is 0 Å². The van der Waals surface area contributed by atoms with Crippen molar-refractivity contribution in [3.63, 3.8) is 0 Å². The smallest absolute Gasteiger partial charge is 0.186 e. The van der Waals surface area contributed by atoms with Crippen LogP contribution in [0.1, 0.15) is 64.7 Å². The van der Waals surface area contributed by atoms with E-state index in [4.69, 9.17) is 14.6 Å². The third-order valence-corrected chi connectivity index (χ3v) is 4.38. The van der Waals surface area contributed by atoms with Gasteiger partial charge in [0.25, 0.3) is 0 Å². The van der Waals surface area contributed by atoms with Crippen LogP contribution >= 0.6 is 0 Å². The number of aliphatic hydroxyl groups excluding tert-OH is 4. The first-order valence-corrected chi connectivity index (χ1v) is 9.04. The second-order valence-electron chi connectivity index (χ2n) is 6.40. The fourth-order valence-electron chi connectivity index (χ4n) is 2.82. The van der Waals surface area contributed by atoms with Crippen LogP contribution < -0.4 is 0 Å². The van der Waals surface area contributed by atoms with Crippen LogP contribution in [0, 0.1) is 0 Å². The topological polar surface area (TPSA) is 99.4 Å². The van der Waals surface area contributed by atoms with Gasteiger partial charge >= 0.3 is 0 Å². The van der Waals surface area contributed by atoms with E-state index in [0.29, 0.717) is 6.61 Å². The van der Waals surface area contributed by atoms with E-state index in [1.807, 2.05) is 0 Å². The molecule has 0 amide bonds. The average Bonchev–Trinajstić information content (AvgIpc) is 2.56. The molecule has 0 bridgehead atoms. The van der Waals surface area contributed by atoms with Gasteiger partial charge in [-0.25, -0.2) is 0 Å². The Kier molecular flexibility index (Phi) is 11.0. The van der Waals surface area contributed by atoms with E-state index < -0.39 is 37.3 Å². The molecule has 5 atom stereocenters. The summed E-state index contributed by atoms with van der Waals surface area (Å²) in [6.07, 6.45) is 4.97. The van der Waals surface area contributed by atoms with Gasteiger partial charge in [-0.3, -0.25) is 0 Å². The summed E-state index contributed by atoms with van der Waals surface area (Å²) in [6.45, 7) is 2.22. The van der Waals surface area contributed by atoms with Crippen molar-refractivity contribution in [2.75, 3.05) is 13.2 Å². The molecule has 0 aromatic rings. The summed E-state index contributed by atoms with van der Waals surface area (Å²) in [7, 11) is 0. The summed E-state index contributed by atoms with van der Waals surface area (Å²) in [5.74, 6) is 0. The van der Waals surface area contributed by atoms with Gasteiger partial charge in [-0.2, -0.15) is 0 Å². The van der Waals surface area contributed by atoms with Gasteiger partial charge in [-0.15, -0.1) is 0 Å². The first-order valence-electron chi connectivity index (χ1n) is 9.04. The van der Waals surface area contributed by atoms with E-state index in [2.05, 4.69) is 6.92 Å². The van der Waals surface area contributed by atoms with Crippen LogP contribution in [-0.4, -0.2) is 64.3 Å². The summed E-state index contributed by atoms with van der Waals surface area (Å²) >= 11 is 0. The molecule has 0 radical (unpaired) electrons. The second kappa shape index (κ2) is 12.2. The molecule has 23 heavy (non-hydrogen) atoms. The summed E-state index contributed by atoms with van der Waals surface area (Å²) in [4.78, 5) is 0. The zero-order valence-corrected chi connectivity index (χ0v) is 14.3. The summed E-state index contributed by atoms with van der Waals surface area (Å²) in [5, 5.41) is 38.2. The summed E-state index contributed by atoms with van der Waals surface area (Å²) in [6, 6.07) is 0. The molecule has 0 aromatic carbocycles. The number of hydrogen-bond donors (Lipinski definition) is 4. The van der Waals surface area contributed by atoms with Gasteiger partial charge in [-0.05, 0) is 6.42 Å². The zero-order chi connectivity index (χ0) is 17.1. The highest BCUT2D eigenvalue weighted by atomic mass is 16.7. The molecule has 1 heterocycles. The molecule has 1 aliphatic rings. The van der Waals surface area contributed by atoms with Crippen molar-refractivity contribution in [2.45, 2.75) is 95.4 Å². The van der Waals surface area contributed by atoms with Crippen molar-refractivity contribution in [2.24, 2.45) is 0 Å². The van der Waals surface area contributed by atoms with E-state index in [0.717, 1.165) is 12.8 Å². The number of aliphatic hydroxyl groups is 4. The molecule has 4 N–H and O–H groups in total. The largest absolute Gasteiger partial charge is 0.394 e. The minimum absolute atomic E-state index is 0.428. The minimum atomic E-state index is -1.37. The first-order chi connectivity index (χ1) is 11.1. The van der Waals surface area contributed by atoms with Gasteiger partial charge in [0.2, 0.25) is 0 Å². The predicted molar refractivity (Wildman–Crippen MR) is 86.9 cm³/mol. The molecular weight excluding hydrogens is 300 g/mol. The fourth-order valence-corrected chi connectivity index (χ4v) is 2.82. The number of hydrogen-bond acceptors (Lipinski definition) is 6. The van der Waals surface area contributed by atoms with Gasteiger partial charge < -0.3 is 29.9 Å². The van der Waals surface area contributed by atoms with Gasteiger partial charge in [0.15, 0.2) is 6.29 Å². The van der Waals surface area contributed by atoms with Crippen molar-refractivity contribution in [3.8, 4) is 0 Å². The molecule has 1 rings (SSSR count). The lowest BCUT2D eigenvalue weighted by Gasteiger charge is -2.39. The number of ether oxygens (including phenoxy) is 2. The molecule has 0 aromatic heterocycles. The van der Waals surface area contributed by atoms with Crippen LogP contribution in [0.2, 0.25) is 0 Å². The fraction of sp³-hybridized carbons (Fsp3) is 1.00. The van der Waals surface area contributed by atoms with Crippen LogP contribution in [0.5, 0.6) is 0 Å². The van der Waals surface area contributed by atoms with Crippen molar-refractivity contribution < 1.29 is 29.9 Å². The highest BCUT2D eigenvalue weighted by Crippen LogP contribution is 2.22. The molecular formula is C17H34O6. The standard InChI is InChI=1S/C17H34O6/c1-2-3-4-5-6-7-8-9-10-11-22-17-16(21)15(20)14(19)13(12-18)23-17/h13-21H,2-12H2,1H3/t13-,14-,15+,16-,17?/m1/s1. The normalized spacial score (nSPS) is 31.4. The summed E-state index contributed by atoms with van der Waals surface area (Å²) < 4.78 is 10.7. The van der Waals surface area contributed by atoms with E-state index >= 15 is 0 Å². The van der Waals surface area contributed by atoms with E-state index in [1.165, 1.54) is 44.9 Å². The van der Waals surface area contributed by atoms with E-state index in [9.17, 15) is 15.3 Å². The van der Waals surface area contributed by atoms with Crippen molar-refractivity contribution in [1.29, 1.82) is 0 Å².